The highest BCUT2D eigenvalue weighted by molar-refractivity contribution is 5.84. The van der Waals surface area contributed by atoms with Gasteiger partial charge in [0, 0.05) is 35.6 Å². The molecule has 0 fully saturated rings. The second kappa shape index (κ2) is 10.4. The van der Waals surface area contributed by atoms with Gasteiger partial charge in [0.2, 0.25) is 5.91 Å². The molecule has 0 spiro atoms. The zero-order chi connectivity index (χ0) is 22.4. The molecule has 2 heterocycles. The van der Waals surface area contributed by atoms with Gasteiger partial charge >= 0.3 is 0 Å². The van der Waals surface area contributed by atoms with E-state index in [1.165, 1.54) is 0 Å². The van der Waals surface area contributed by atoms with Crippen molar-refractivity contribution in [2.24, 2.45) is 0 Å². The Kier molecular flexibility index (Phi) is 7.60. The number of aromatic nitrogens is 3. The summed E-state index contributed by atoms with van der Waals surface area (Å²) in [5, 5.41) is 4.87. The van der Waals surface area contributed by atoms with Crippen molar-refractivity contribution in [2.45, 2.75) is 47.0 Å². The summed E-state index contributed by atoms with van der Waals surface area (Å²) in [6.45, 7) is 8.96. The third-order valence-electron chi connectivity index (χ3n) is 5.45. The van der Waals surface area contributed by atoms with Crippen molar-refractivity contribution < 1.29 is 13.9 Å². The first-order valence-electron chi connectivity index (χ1n) is 11.0. The first kappa shape index (κ1) is 22.7. The number of halogens is 1. The lowest BCUT2D eigenvalue weighted by Crippen LogP contribution is -2.31. The van der Waals surface area contributed by atoms with Gasteiger partial charge < -0.3 is 9.64 Å². The molecule has 0 N–H and O–H groups in total. The molecule has 7 heteroatoms. The van der Waals surface area contributed by atoms with Crippen LogP contribution in [0.25, 0.3) is 16.9 Å². The molecule has 3 rings (SSSR count). The van der Waals surface area contributed by atoms with Crippen LogP contribution in [0.2, 0.25) is 0 Å². The molecule has 0 saturated heterocycles. The van der Waals surface area contributed by atoms with Crippen molar-refractivity contribution in [1.29, 1.82) is 0 Å². The summed E-state index contributed by atoms with van der Waals surface area (Å²) in [6.07, 6.45) is 1.87. The number of fused-ring (bicyclic) bond motifs is 1. The van der Waals surface area contributed by atoms with Gasteiger partial charge in [-0.25, -0.2) is 13.9 Å². The number of carbonyl (C=O) groups is 1. The normalized spacial score (nSPS) is 11.1. The summed E-state index contributed by atoms with van der Waals surface area (Å²) < 4.78 is 19.6. The summed E-state index contributed by atoms with van der Waals surface area (Å²) >= 11 is 0. The van der Waals surface area contributed by atoms with Crippen molar-refractivity contribution in [3.8, 4) is 17.0 Å². The molecule has 2 aromatic heterocycles. The van der Waals surface area contributed by atoms with Crippen LogP contribution in [-0.2, 0) is 24.1 Å². The molecule has 0 bridgehead atoms. The molecule has 0 radical (unpaired) electrons. The van der Waals surface area contributed by atoms with E-state index >= 15 is 0 Å². The van der Waals surface area contributed by atoms with E-state index in [2.05, 4.69) is 19.9 Å². The Hall–Kier alpha value is -2.96. The van der Waals surface area contributed by atoms with Gasteiger partial charge in [-0.2, -0.15) is 5.10 Å². The van der Waals surface area contributed by atoms with E-state index in [4.69, 9.17) is 14.8 Å². The maximum atomic E-state index is 13.0. The molecule has 6 nitrogen and oxygen atoms in total. The first-order chi connectivity index (χ1) is 15.1. The lowest BCUT2D eigenvalue weighted by atomic mass is 10.0. The second-order valence-electron chi connectivity index (χ2n) is 7.31. The summed E-state index contributed by atoms with van der Waals surface area (Å²) in [5.74, 6) is 0.664. The lowest BCUT2D eigenvalue weighted by molar-refractivity contribution is -0.130. The van der Waals surface area contributed by atoms with Gasteiger partial charge in [0.15, 0.2) is 5.65 Å². The van der Waals surface area contributed by atoms with E-state index in [0.29, 0.717) is 18.8 Å². The molecular weight excluding hydrogens is 394 g/mol. The van der Waals surface area contributed by atoms with E-state index in [1.807, 2.05) is 35.4 Å². The number of alkyl halides is 1. The van der Waals surface area contributed by atoms with Gasteiger partial charge in [-0.15, -0.1) is 0 Å². The van der Waals surface area contributed by atoms with Crippen LogP contribution in [0.1, 0.15) is 44.6 Å². The van der Waals surface area contributed by atoms with E-state index in [9.17, 15) is 9.18 Å². The summed E-state index contributed by atoms with van der Waals surface area (Å²) in [6, 6.07) is 9.47. The molecule has 0 aliphatic rings. The molecule has 1 aromatic carbocycles. The highest BCUT2D eigenvalue weighted by Crippen LogP contribution is 2.29. The van der Waals surface area contributed by atoms with Gasteiger partial charge in [-0.1, -0.05) is 13.8 Å². The second-order valence-corrected chi connectivity index (χ2v) is 7.31. The van der Waals surface area contributed by atoms with Gasteiger partial charge in [0.25, 0.3) is 0 Å². The Labute approximate surface area is 183 Å². The number of nitrogens with zero attached hydrogens (tertiary/aromatic N) is 4. The van der Waals surface area contributed by atoms with Gasteiger partial charge in [-0.05, 0) is 57.0 Å². The number of aryl methyl sites for hydroxylation is 2. The lowest BCUT2D eigenvalue weighted by Gasteiger charge is -2.18. The van der Waals surface area contributed by atoms with Crippen LogP contribution in [0.4, 0.5) is 4.39 Å². The number of benzene rings is 1. The van der Waals surface area contributed by atoms with Crippen molar-refractivity contribution in [3.05, 3.63) is 47.3 Å². The fourth-order valence-electron chi connectivity index (χ4n) is 3.71. The number of rotatable bonds is 10. The molecule has 0 aliphatic heterocycles. The number of likely N-dealkylation sites (N-methyl/N-ethyl adjacent to an activating group) is 1. The molecule has 1 amide bonds. The Balaban J connectivity index is 2.13. The number of hydrogen-bond acceptors (Lipinski definition) is 4. The molecule has 0 aliphatic carbocycles. The molecule has 3 aromatic rings. The van der Waals surface area contributed by atoms with Crippen LogP contribution < -0.4 is 4.74 Å². The molecule has 0 unspecified atom stereocenters. The van der Waals surface area contributed by atoms with Gasteiger partial charge in [-0.3, -0.25) is 4.79 Å². The monoisotopic (exact) mass is 425 g/mol. The molecular formula is C24H31FN4O2. The minimum absolute atomic E-state index is 0.0287. The highest BCUT2D eigenvalue weighted by Gasteiger charge is 2.22. The summed E-state index contributed by atoms with van der Waals surface area (Å²) in [7, 11) is 0. The Bertz CT molecular complexity index is 1030. The maximum Gasteiger partial charge on any atom is 0.227 e. The summed E-state index contributed by atoms with van der Waals surface area (Å²) in [5.41, 5.74) is 5.24. The Morgan fingerprint density at radius 2 is 1.81 bits per heavy atom. The van der Waals surface area contributed by atoms with E-state index < -0.39 is 6.67 Å². The zero-order valence-corrected chi connectivity index (χ0v) is 18.8. The fraction of sp³-hybridized carbons (Fsp3) is 0.458. The maximum absolute atomic E-state index is 13.0. The van der Waals surface area contributed by atoms with E-state index in [0.717, 1.165) is 46.7 Å². The predicted molar refractivity (Wildman–Crippen MR) is 120 cm³/mol. The third-order valence-corrected chi connectivity index (χ3v) is 5.45. The van der Waals surface area contributed by atoms with Crippen LogP contribution in [0.5, 0.6) is 5.75 Å². The molecule has 31 heavy (non-hydrogen) atoms. The zero-order valence-electron chi connectivity index (χ0n) is 18.8. The van der Waals surface area contributed by atoms with Crippen molar-refractivity contribution in [2.75, 3.05) is 26.4 Å². The van der Waals surface area contributed by atoms with Crippen LogP contribution in [0.3, 0.4) is 0 Å². The Morgan fingerprint density at radius 3 is 2.39 bits per heavy atom. The molecule has 166 valence electrons. The molecule has 0 saturated carbocycles. The number of amides is 1. The largest absolute Gasteiger partial charge is 0.491 e. The average molecular weight is 426 g/mol. The van der Waals surface area contributed by atoms with Crippen molar-refractivity contribution >= 4 is 11.6 Å². The fourth-order valence-corrected chi connectivity index (χ4v) is 3.71. The number of carbonyl (C=O) groups excluding carboxylic acids is 1. The number of ether oxygens (including phenoxy) is 1. The van der Waals surface area contributed by atoms with Crippen LogP contribution >= 0.6 is 0 Å². The Morgan fingerprint density at radius 1 is 1.10 bits per heavy atom. The minimum atomic E-state index is -0.531. The van der Waals surface area contributed by atoms with Crippen molar-refractivity contribution in [1.82, 2.24) is 19.5 Å². The predicted octanol–water partition coefficient (Wildman–Crippen LogP) is 4.28. The van der Waals surface area contributed by atoms with E-state index in [-0.39, 0.29) is 18.9 Å². The molecule has 0 atom stereocenters. The van der Waals surface area contributed by atoms with Gasteiger partial charge in [0.05, 0.1) is 12.1 Å². The van der Waals surface area contributed by atoms with Gasteiger partial charge in [0.1, 0.15) is 19.0 Å². The number of hydrogen-bond donors (Lipinski definition) is 0. The average Bonchev–Trinajstić information content (AvgIpc) is 3.16. The summed E-state index contributed by atoms with van der Waals surface area (Å²) in [4.78, 5) is 19.6. The van der Waals surface area contributed by atoms with Crippen LogP contribution in [-0.4, -0.2) is 51.8 Å². The quantitative estimate of drug-likeness (QED) is 0.486. The SMILES string of the molecule is CCc1cc(CC)n2nc(-c3ccc(OCC[18F])cc3)c(CC(=O)N(CC)CC)c2n1. The van der Waals surface area contributed by atoms with Crippen molar-refractivity contribution in [3.63, 3.8) is 0 Å². The third kappa shape index (κ3) is 4.86. The van der Waals surface area contributed by atoms with Crippen LogP contribution in [0.15, 0.2) is 30.3 Å². The van der Waals surface area contributed by atoms with E-state index in [1.54, 1.807) is 12.1 Å². The standard InChI is InChI=1S/C24H31FN4O2/c1-5-18-15-19(6-2)29-24(26-18)21(16-22(30)28(7-3)8-4)23(27-29)17-9-11-20(12-10-17)31-14-13-25/h9-12,15H,5-8,13-14,16H2,1-4H3/i25-1. The topological polar surface area (TPSA) is 59.7 Å². The van der Waals surface area contributed by atoms with Crippen LogP contribution in [0, 0.1) is 0 Å². The highest BCUT2D eigenvalue weighted by atomic mass is 18.2. The smallest absolute Gasteiger partial charge is 0.227 e. The minimum Gasteiger partial charge on any atom is -0.491 e. The first-order valence-corrected chi connectivity index (χ1v) is 11.0.